The number of aryl methyl sites for hydroxylation is 1. The summed E-state index contributed by atoms with van der Waals surface area (Å²) in [6.07, 6.45) is 10.7. The number of aldehydes is 1. The summed E-state index contributed by atoms with van der Waals surface area (Å²) in [6.45, 7) is 1.94. The molecule has 5 rings (SSSR count). The Bertz CT molecular complexity index is 874. The van der Waals surface area contributed by atoms with Crippen molar-refractivity contribution < 1.29 is 9.90 Å². The van der Waals surface area contributed by atoms with Gasteiger partial charge in [-0.15, -0.1) is 0 Å². The van der Waals surface area contributed by atoms with Gasteiger partial charge in [0, 0.05) is 30.6 Å². The summed E-state index contributed by atoms with van der Waals surface area (Å²) < 4.78 is 0. The van der Waals surface area contributed by atoms with Crippen LogP contribution in [0.25, 0.3) is 0 Å². The molecule has 1 aliphatic heterocycles. The van der Waals surface area contributed by atoms with Crippen molar-refractivity contribution in [2.45, 2.75) is 57.3 Å². The van der Waals surface area contributed by atoms with Crippen LogP contribution in [0, 0.1) is 11.3 Å². The highest BCUT2D eigenvalue weighted by atomic mass is 16.3. The van der Waals surface area contributed by atoms with Gasteiger partial charge < -0.3 is 14.8 Å². The largest absolute Gasteiger partial charge is 0.508 e. The van der Waals surface area contributed by atoms with Crippen LogP contribution in [0.3, 0.4) is 0 Å². The average molecular weight is 390 g/mol. The molecule has 2 aromatic rings. The lowest BCUT2D eigenvalue weighted by Gasteiger charge is -2.43. The molecule has 1 spiro atoms. The molecule has 1 heterocycles. The summed E-state index contributed by atoms with van der Waals surface area (Å²) in [5.41, 5.74) is 5.83. The van der Waals surface area contributed by atoms with E-state index < -0.39 is 0 Å². The molecule has 1 N–H and O–H groups in total. The number of rotatable bonds is 3. The Morgan fingerprint density at radius 3 is 2.38 bits per heavy atom. The number of nitrogens with zero attached hydrogens (tertiary/aromatic N) is 1. The predicted molar refractivity (Wildman–Crippen MR) is 117 cm³/mol. The molecular weight excluding hydrogens is 358 g/mol. The molecule has 2 fully saturated rings. The summed E-state index contributed by atoms with van der Waals surface area (Å²) in [5, 5.41) is 9.99. The molecule has 0 unspecified atom stereocenters. The summed E-state index contributed by atoms with van der Waals surface area (Å²) in [6, 6.07) is 15.3. The van der Waals surface area contributed by atoms with E-state index in [4.69, 9.17) is 0 Å². The molecule has 1 atom stereocenters. The lowest BCUT2D eigenvalue weighted by Crippen LogP contribution is -2.34. The van der Waals surface area contributed by atoms with Gasteiger partial charge in [0.05, 0.1) is 0 Å². The van der Waals surface area contributed by atoms with E-state index in [0.717, 1.165) is 38.6 Å². The van der Waals surface area contributed by atoms with Crippen molar-refractivity contribution in [1.82, 2.24) is 0 Å². The van der Waals surface area contributed by atoms with Gasteiger partial charge in [0.15, 0.2) is 0 Å². The normalized spacial score (nSPS) is 23.9. The van der Waals surface area contributed by atoms with E-state index in [2.05, 4.69) is 35.2 Å². The van der Waals surface area contributed by atoms with Gasteiger partial charge in [-0.3, -0.25) is 0 Å². The Balaban J connectivity index is 1.46. The van der Waals surface area contributed by atoms with Crippen molar-refractivity contribution in [2.24, 2.45) is 11.3 Å². The molecule has 3 aliphatic rings. The molecule has 3 heteroatoms. The van der Waals surface area contributed by atoms with E-state index >= 15 is 0 Å². The van der Waals surface area contributed by atoms with E-state index in [0.29, 0.717) is 17.1 Å². The Morgan fingerprint density at radius 2 is 1.69 bits per heavy atom. The monoisotopic (exact) mass is 389 g/mol. The van der Waals surface area contributed by atoms with E-state index in [9.17, 15) is 9.90 Å². The standard InChI is InChI=1S/C26H31NO2/c28-18-19-10-15-27(16-11-19)22-5-3-20(4-6-22)25-24-8-7-23(29)17-21(24)9-14-26(25)12-1-2-13-26/h3-8,17-19,25,29H,1-2,9-16H2/t25-/m0/s1. The molecule has 152 valence electrons. The summed E-state index contributed by atoms with van der Waals surface area (Å²) in [7, 11) is 0. The zero-order valence-corrected chi connectivity index (χ0v) is 17.1. The van der Waals surface area contributed by atoms with Crippen molar-refractivity contribution in [3.8, 4) is 5.75 Å². The number of piperidine rings is 1. The number of carbonyl (C=O) groups excluding carboxylic acids is 1. The molecule has 29 heavy (non-hydrogen) atoms. The van der Waals surface area contributed by atoms with Crippen LogP contribution < -0.4 is 4.90 Å². The lowest BCUT2D eigenvalue weighted by molar-refractivity contribution is -0.111. The van der Waals surface area contributed by atoms with E-state index in [1.54, 1.807) is 0 Å². The fraction of sp³-hybridized carbons (Fsp3) is 0.500. The summed E-state index contributed by atoms with van der Waals surface area (Å²) in [5.74, 6) is 1.06. The Labute approximate surface area is 173 Å². The number of hydrogen-bond acceptors (Lipinski definition) is 3. The summed E-state index contributed by atoms with van der Waals surface area (Å²) in [4.78, 5) is 13.5. The number of benzene rings is 2. The van der Waals surface area contributed by atoms with Crippen LogP contribution >= 0.6 is 0 Å². The number of hydrogen-bond donors (Lipinski definition) is 1. The zero-order chi connectivity index (χ0) is 19.8. The number of fused-ring (bicyclic) bond motifs is 1. The van der Waals surface area contributed by atoms with Gasteiger partial charge in [0.25, 0.3) is 0 Å². The van der Waals surface area contributed by atoms with E-state index in [-0.39, 0.29) is 5.92 Å². The van der Waals surface area contributed by atoms with Gasteiger partial charge in [0.1, 0.15) is 12.0 Å². The zero-order valence-electron chi connectivity index (χ0n) is 17.1. The minimum Gasteiger partial charge on any atom is -0.508 e. The van der Waals surface area contributed by atoms with Crippen LogP contribution in [0.5, 0.6) is 5.75 Å². The lowest BCUT2D eigenvalue weighted by atomic mass is 9.60. The highest BCUT2D eigenvalue weighted by Crippen LogP contribution is 2.58. The molecule has 0 bridgehead atoms. The molecule has 0 amide bonds. The van der Waals surface area contributed by atoms with Gasteiger partial charge >= 0.3 is 0 Å². The topological polar surface area (TPSA) is 40.5 Å². The van der Waals surface area contributed by atoms with E-state index in [1.165, 1.54) is 54.5 Å². The maximum absolute atomic E-state index is 11.0. The highest BCUT2D eigenvalue weighted by Gasteiger charge is 2.45. The molecule has 3 nitrogen and oxygen atoms in total. The first kappa shape index (κ1) is 18.7. The third-order valence-corrected chi connectivity index (χ3v) is 7.87. The third kappa shape index (κ3) is 3.35. The highest BCUT2D eigenvalue weighted by molar-refractivity contribution is 5.56. The Morgan fingerprint density at radius 1 is 0.966 bits per heavy atom. The molecular formula is C26H31NO2. The van der Waals surface area contributed by atoms with E-state index in [1.807, 2.05) is 12.1 Å². The van der Waals surface area contributed by atoms with Crippen molar-refractivity contribution >= 4 is 12.0 Å². The van der Waals surface area contributed by atoms with Crippen molar-refractivity contribution in [1.29, 1.82) is 0 Å². The maximum atomic E-state index is 11.0. The molecule has 1 saturated heterocycles. The fourth-order valence-corrected chi connectivity index (χ4v) is 6.27. The number of phenols is 1. The second-order valence-corrected chi connectivity index (χ2v) is 9.44. The maximum Gasteiger partial charge on any atom is 0.123 e. The second kappa shape index (κ2) is 7.51. The van der Waals surface area contributed by atoms with Crippen LogP contribution in [0.4, 0.5) is 5.69 Å². The van der Waals surface area contributed by atoms with Crippen LogP contribution in [-0.4, -0.2) is 24.5 Å². The smallest absolute Gasteiger partial charge is 0.123 e. The second-order valence-electron chi connectivity index (χ2n) is 9.44. The fourth-order valence-electron chi connectivity index (χ4n) is 6.27. The van der Waals surface area contributed by atoms with Crippen LogP contribution in [-0.2, 0) is 11.2 Å². The van der Waals surface area contributed by atoms with Gasteiger partial charge in [-0.2, -0.15) is 0 Å². The number of carbonyl (C=O) groups is 1. The number of aromatic hydroxyl groups is 1. The quantitative estimate of drug-likeness (QED) is 0.710. The minimum absolute atomic E-state index is 0.239. The van der Waals surface area contributed by atoms with Crippen molar-refractivity contribution in [3.63, 3.8) is 0 Å². The Hall–Kier alpha value is -2.29. The van der Waals surface area contributed by atoms with Gasteiger partial charge in [0.2, 0.25) is 0 Å². The average Bonchev–Trinajstić information content (AvgIpc) is 3.23. The van der Waals surface area contributed by atoms with Gasteiger partial charge in [-0.05, 0) is 84.9 Å². The Kier molecular flexibility index (Phi) is 4.85. The molecule has 0 radical (unpaired) electrons. The first-order valence-electron chi connectivity index (χ1n) is 11.3. The van der Waals surface area contributed by atoms with Gasteiger partial charge in [-0.25, -0.2) is 0 Å². The SMILES string of the molecule is O=CC1CCN(c2ccc([C@H]3c4ccc(O)cc4CCC34CCCC4)cc2)CC1. The number of anilines is 1. The van der Waals surface area contributed by atoms with Crippen LogP contribution in [0.1, 0.15) is 67.6 Å². The van der Waals surface area contributed by atoms with Gasteiger partial charge in [-0.1, -0.05) is 31.0 Å². The van der Waals surface area contributed by atoms with Crippen LogP contribution in [0.2, 0.25) is 0 Å². The minimum atomic E-state index is 0.239. The first-order chi connectivity index (χ1) is 14.2. The van der Waals surface area contributed by atoms with Crippen molar-refractivity contribution in [2.75, 3.05) is 18.0 Å². The molecule has 0 aromatic heterocycles. The number of phenolic OH excluding ortho intramolecular Hbond substituents is 1. The molecule has 1 saturated carbocycles. The van der Waals surface area contributed by atoms with Crippen LogP contribution in [0.15, 0.2) is 42.5 Å². The molecule has 2 aliphatic carbocycles. The summed E-state index contributed by atoms with van der Waals surface area (Å²) >= 11 is 0. The first-order valence-corrected chi connectivity index (χ1v) is 11.3. The molecule has 2 aromatic carbocycles. The van der Waals surface area contributed by atoms with Crippen molar-refractivity contribution in [3.05, 3.63) is 59.2 Å². The third-order valence-electron chi connectivity index (χ3n) is 7.87. The predicted octanol–water partition coefficient (Wildman–Crippen LogP) is 5.45.